The Bertz CT molecular complexity index is 934. The van der Waals surface area contributed by atoms with Crippen LogP contribution in [0.3, 0.4) is 0 Å². The predicted molar refractivity (Wildman–Crippen MR) is 102 cm³/mol. The lowest BCUT2D eigenvalue weighted by Gasteiger charge is -2.26. The minimum Gasteiger partial charge on any atom is -0.333 e. The molecule has 1 amide bonds. The number of hydrogen-bond donors (Lipinski definition) is 1. The molecule has 2 aromatic heterocycles. The third-order valence-corrected chi connectivity index (χ3v) is 5.24. The van der Waals surface area contributed by atoms with Crippen LogP contribution in [0.2, 0.25) is 0 Å². The molecule has 1 aromatic carbocycles. The highest BCUT2D eigenvalue weighted by molar-refractivity contribution is 7.15. The van der Waals surface area contributed by atoms with Crippen LogP contribution >= 0.6 is 11.3 Å². The van der Waals surface area contributed by atoms with Crippen LogP contribution in [0.1, 0.15) is 32.3 Å². The molecule has 132 valence electrons. The minimum absolute atomic E-state index is 0.0665. The Morgan fingerprint density at radius 1 is 1.12 bits per heavy atom. The van der Waals surface area contributed by atoms with Crippen molar-refractivity contribution in [1.82, 2.24) is 19.9 Å². The first kappa shape index (κ1) is 16.7. The highest BCUT2D eigenvalue weighted by atomic mass is 32.1. The second-order valence-electron chi connectivity index (χ2n) is 6.33. The third-order valence-electron chi connectivity index (χ3n) is 4.24. The maximum absolute atomic E-state index is 12.7. The second kappa shape index (κ2) is 6.84. The first-order valence-electron chi connectivity index (χ1n) is 8.51. The fraction of sp³-hybridized carbons (Fsp3) is 0.263. The topological polar surface area (TPSA) is 71.0 Å². The van der Waals surface area contributed by atoms with Gasteiger partial charge in [-0.25, -0.2) is 15.0 Å². The van der Waals surface area contributed by atoms with E-state index in [9.17, 15) is 4.79 Å². The molecule has 1 aliphatic rings. The normalized spacial score (nSPS) is 13.4. The number of hydrogen-bond acceptors (Lipinski definition) is 6. The van der Waals surface area contributed by atoms with Crippen LogP contribution in [0.25, 0.3) is 0 Å². The Morgan fingerprint density at radius 2 is 1.85 bits per heavy atom. The average Bonchev–Trinajstić information content (AvgIpc) is 3.02. The van der Waals surface area contributed by atoms with Crippen molar-refractivity contribution in [3.8, 4) is 0 Å². The van der Waals surface area contributed by atoms with Crippen molar-refractivity contribution < 1.29 is 4.79 Å². The molecule has 26 heavy (non-hydrogen) atoms. The Morgan fingerprint density at radius 3 is 2.58 bits per heavy atom. The summed E-state index contributed by atoms with van der Waals surface area (Å²) in [5.41, 5.74) is 3.61. The van der Waals surface area contributed by atoms with Gasteiger partial charge >= 0.3 is 0 Å². The van der Waals surface area contributed by atoms with Crippen molar-refractivity contribution in [2.45, 2.75) is 26.8 Å². The molecule has 7 heteroatoms. The quantitative estimate of drug-likeness (QED) is 0.769. The average molecular weight is 365 g/mol. The summed E-state index contributed by atoms with van der Waals surface area (Å²) < 4.78 is 0. The third kappa shape index (κ3) is 3.43. The van der Waals surface area contributed by atoms with Crippen molar-refractivity contribution in [3.63, 3.8) is 0 Å². The van der Waals surface area contributed by atoms with Gasteiger partial charge in [-0.15, -0.1) is 0 Å². The van der Waals surface area contributed by atoms with E-state index in [1.54, 1.807) is 11.3 Å². The number of fused-ring (bicyclic) bond motifs is 1. The molecule has 0 aliphatic carbocycles. The SMILES string of the molecule is Cc1cc(C)nc(Nc2nc3c(s2)CN(C(=O)c2ccccc2)CC3)n1. The Kier molecular flexibility index (Phi) is 4.38. The van der Waals surface area contributed by atoms with Crippen LogP contribution in [0.4, 0.5) is 11.1 Å². The molecule has 1 N–H and O–H groups in total. The highest BCUT2D eigenvalue weighted by Gasteiger charge is 2.25. The van der Waals surface area contributed by atoms with Gasteiger partial charge in [-0.05, 0) is 32.0 Å². The summed E-state index contributed by atoms with van der Waals surface area (Å²) >= 11 is 1.56. The monoisotopic (exact) mass is 365 g/mol. The van der Waals surface area contributed by atoms with Crippen LogP contribution in [0, 0.1) is 13.8 Å². The van der Waals surface area contributed by atoms with Crippen molar-refractivity contribution in [1.29, 1.82) is 0 Å². The van der Waals surface area contributed by atoms with Crippen LogP contribution in [-0.2, 0) is 13.0 Å². The van der Waals surface area contributed by atoms with E-state index in [4.69, 9.17) is 0 Å². The maximum atomic E-state index is 12.7. The fourth-order valence-electron chi connectivity index (χ4n) is 3.06. The zero-order valence-corrected chi connectivity index (χ0v) is 15.5. The molecule has 0 saturated heterocycles. The number of anilines is 2. The highest BCUT2D eigenvalue weighted by Crippen LogP contribution is 2.30. The van der Waals surface area contributed by atoms with Gasteiger partial charge in [-0.1, -0.05) is 29.5 Å². The molecule has 1 aliphatic heterocycles. The summed E-state index contributed by atoms with van der Waals surface area (Å²) in [5, 5.41) is 3.97. The smallest absolute Gasteiger partial charge is 0.254 e. The van der Waals surface area contributed by atoms with Crippen molar-refractivity contribution in [2.75, 3.05) is 11.9 Å². The predicted octanol–water partition coefficient (Wildman–Crippen LogP) is 3.49. The molecule has 0 radical (unpaired) electrons. The van der Waals surface area contributed by atoms with Crippen molar-refractivity contribution >= 4 is 28.3 Å². The molecule has 0 bridgehead atoms. The van der Waals surface area contributed by atoms with Crippen LogP contribution in [0.15, 0.2) is 36.4 Å². The number of nitrogens with one attached hydrogen (secondary N) is 1. The largest absolute Gasteiger partial charge is 0.333 e. The minimum atomic E-state index is 0.0665. The summed E-state index contributed by atoms with van der Waals surface area (Å²) in [7, 11) is 0. The number of rotatable bonds is 3. The number of aromatic nitrogens is 3. The number of carbonyl (C=O) groups is 1. The zero-order valence-electron chi connectivity index (χ0n) is 14.7. The van der Waals surface area contributed by atoms with E-state index >= 15 is 0 Å². The first-order valence-corrected chi connectivity index (χ1v) is 9.32. The Balaban J connectivity index is 1.51. The van der Waals surface area contributed by atoms with Gasteiger partial charge in [-0.2, -0.15) is 0 Å². The summed E-state index contributed by atoms with van der Waals surface area (Å²) in [6.07, 6.45) is 0.764. The van der Waals surface area contributed by atoms with Gasteiger partial charge in [0, 0.05) is 34.8 Å². The van der Waals surface area contributed by atoms with E-state index in [0.29, 0.717) is 19.0 Å². The number of amides is 1. The van der Waals surface area contributed by atoms with E-state index in [-0.39, 0.29) is 5.91 Å². The number of aryl methyl sites for hydroxylation is 2. The van der Waals surface area contributed by atoms with Crippen LogP contribution in [0.5, 0.6) is 0 Å². The van der Waals surface area contributed by atoms with Gasteiger partial charge in [-0.3, -0.25) is 4.79 Å². The van der Waals surface area contributed by atoms with Gasteiger partial charge < -0.3 is 10.2 Å². The molecular formula is C19H19N5OS. The van der Waals surface area contributed by atoms with Gasteiger partial charge in [0.25, 0.3) is 5.91 Å². The van der Waals surface area contributed by atoms with Gasteiger partial charge in [0.05, 0.1) is 12.2 Å². The first-order chi connectivity index (χ1) is 12.6. The van der Waals surface area contributed by atoms with Gasteiger partial charge in [0.1, 0.15) is 0 Å². The van der Waals surface area contributed by atoms with Crippen molar-refractivity contribution in [2.24, 2.45) is 0 Å². The molecule has 3 aromatic rings. The Labute approximate surface area is 155 Å². The number of nitrogens with zero attached hydrogens (tertiary/aromatic N) is 4. The molecule has 6 nitrogen and oxygen atoms in total. The molecule has 0 unspecified atom stereocenters. The van der Waals surface area contributed by atoms with E-state index in [1.165, 1.54) is 0 Å². The summed E-state index contributed by atoms with van der Waals surface area (Å²) in [4.78, 5) is 29.1. The summed E-state index contributed by atoms with van der Waals surface area (Å²) in [5.74, 6) is 0.627. The van der Waals surface area contributed by atoms with Gasteiger partial charge in [0.15, 0.2) is 5.13 Å². The molecule has 0 spiro atoms. The molecule has 0 atom stereocenters. The fourth-order valence-corrected chi connectivity index (χ4v) is 4.08. The Hall–Kier alpha value is -2.80. The number of benzene rings is 1. The molecule has 4 rings (SSSR count). The molecule has 0 saturated carbocycles. The lowest BCUT2D eigenvalue weighted by Crippen LogP contribution is -2.35. The molecule has 0 fully saturated rings. The number of carbonyl (C=O) groups excluding carboxylic acids is 1. The standard InChI is InChI=1S/C19H19N5OS/c1-12-10-13(2)21-18(20-12)23-19-22-15-8-9-24(11-16(15)26-19)17(25)14-6-4-3-5-7-14/h3-7,10H,8-9,11H2,1-2H3,(H,20,21,22,23). The van der Waals surface area contributed by atoms with E-state index in [2.05, 4.69) is 20.3 Å². The zero-order chi connectivity index (χ0) is 18.1. The lowest BCUT2D eigenvalue weighted by molar-refractivity contribution is 0.0736. The lowest BCUT2D eigenvalue weighted by atomic mass is 10.1. The van der Waals surface area contributed by atoms with Crippen molar-refractivity contribution in [3.05, 3.63) is 63.9 Å². The number of thiazole rings is 1. The van der Waals surface area contributed by atoms with E-state index < -0.39 is 0 Å². The summed E-state index contributed by atoms with van der Waals surface area (Å²) in [6, 6.07) is 11.3. The maximum Gasteiger partial charge on any atom is 0.254 e. The van der Waals surface area contributed by atoms with Crippen LogP contribution < -0.4 is 5.32 Å². The van der Waals surface area contributed by atoms with Gasteiger partial charge in [0.2, 0.25) is 5.95 Å². The van der Waals surface area contributed by atoms with E-state index in [0.717, 1.165) is 39.1 Å². The summed E-state index contributed by atoms with van der Waals surface area (Å²) in [6.45, 7) is 5.17. The van der Waals surface area contributed by atoms with Crippen LogP contribution in [-0.4, -0.2) is 32.3 Å². The van der Waals surface area contributed by atoms with E-state index in [1.807, 2.05) is 55.1 Å². The second-order valence-corrected chi connectivity index (χ2v) is 7.41. The molecule has 3 heterocycles. The molecular weight excluding hydrogens is 346 g/mol.